The van der Waals surface area contributed by atoms with Crippen molar-refractivity contribution in [2.24, 2.45) is 0 Å². The predicted octanol–water partition coefficient (Wildman–Crippen LogP) is 1.82. The second-order valence-corrected chi connectivity index (χ2v) is 4.06. The highest BCUT2D eigenvalue weighted by molar-refractivity contribution is 5.30. The summed E-state index contributed by atoms with van der Waals surface area (Å²) >= 11 is 0. The molecule has 5 heteroatoms. The van der Waals surface area contributed by atoms with Crippen molar-refractivity contribution in [1.82, 2.24) is 20.3 Å². The second-order valence-electron chi connectivity index (χ2n) is 4.06. The number of furan rings is 1. The van der Waals surface area contributed by atoms with E-state index in [1.54, 1.807) is 6.20 Å². The highest BCUT2D eigenvalue weighted by Crippen LogP contribution is 2.26. The van der Waals surface area contributed by atoms with Gasteiger partial charge in [0.1, 0.15) is 11.5 Å². The summed E-state index contributed by atoms with van der Waals surface area (Å²) < 4.78 is 7.47. The van der Waals surface area contributed by atoms with Crippen LogP contribution in [0.2, 0.25) is 0 Å². The van der Waals surface area contributed by atoms with Crippen molar-refractivity contribution in [2.45, 2.75) is 33.4 Å². The van der Waals surface area contributed by atoms with Gasteiger partial charge in [0.2, 0.25) is 0 Å². The molecule has 2 heterocycles. The van der Waals surface area contributed by atoms with Crippen LogP contribution in [0, 0.1) is 13.8 Å². The fourth-order valence-electron chi connectivity index (χ4n) is 2.13. The van der Waals surface area contributed by atoms with Crippen LogP contribution in [0.1, 0.15) is 35.7 Å². The second kappa shape index (κ2) is 4.71. The molecule has 0 fully saturated rings. The first kappa shape index (κ1) is 11.9. The molecule has 92 valence electrons. The molecule has 0 spiro atoms. The van der Waals surface area contributed by atoms with Gasteiger partial charge in [0.05, 0.1) is 17.9 Å². The summed E-state index contributed by atoms with van der Waals surface area (Å²) in [6, 6.07) is 2.13. The van der Waals surface area contributed by atoms with E-state index in [1.807, 2.05) is 25.6 Å². The molecule has 0 aliphatic carbocycles. The average molecular weight is 234 g/mol. The van der Waals surface area contributed by atoms with Crippen LogP contribution in [0.5, 0.6) is 0 Å². The minimum Gasteiger partial charge on any atom is -0.466 e. The molecule has 1 N–H and O–H groups in total. The van der Waals surface area contributed by atoms with Gasteiger partial charge in [0, 0.05) is 12.1 Å². The lowest BCUT2D eigenvalue weighted by atomic mass is 10.0. The Morgan fingerprint density at radius 3 is 2.76 bits per heavy atom. The molecular weight excluding hydrogens is 216 g/mol. The van der Waals surface area contributed by atoms with Crippen molar-refractivity contribution < 1.29 is 4.42 Å². The third-order valence-electron chi connectivity index (χ3n) is 2.92. The van der Waals surface area contributed by atoms with Gasteiger partial charge in [-0.25, -0.2) is 4.68 Å². The number of hydrogen-bond donors (Lipinski definition) is 1. The number of aryl methyl sites for hydroxylation is 3. The Morgan fingerprint density at radius 1 is 1.47 bits per heavy atom. The van der Waals surface area contributed by atoms with E-state index in [9.17, 15) is 0 Å². The molecule has 0 saturated carbocycles. The lowest BCUT2D eigenvalue weighted by molar-refractivity contribution is 0.492. The Bertz CT molecular complexity index is 500. The number of nitrogens with zero attached hydrogens (tertiary/aromatic N) is 3. The first-order chi connectivity index (χ1) is 8.17. The van der Waals surface area contributed by atoms with E-state index in [4.69, 9.17) is 4.42 Å². The van der Waals surface area contributed by atoms with Crippen molar-refractivity contribution in [2.75, 3.05) is 7.05 Å². The maximum atomic E-state index is 5.58. The normalized spacial score (nSPS) is 12.9. The van der Waals surface area contributed by atoms with Gasteiger partial charge < -0.3 is 9.73 Å². The lowest BCUT2D eigenvalue weighted by Gasteiger charge is -2.15. The number of aromatic nitrogens is 3. The highest BCUT2D eigenvalue weighted by Gasteiger charge is 2.21. The van der Waals surface area contributed by atoms with E-state index in [1.165, 1.54) is 0 Å². The molecule has 0 aliphatic rings. The van der Waals surface area contributed by atoms with Crippen LogP contribution in [0.15, 0.2) is 16.7 Å². The molecule has 2 rings (SSSR count). The summed E-state index contributed by atoms with van der Waals surface area (Å²) in [5, 5.41) is 11.3. The van der Waals surface area contributed by atoms with Crippen molar-refractivity contribution >= 4 is 0 Å². The molecule has 0 amide bonds. The molecule has 2 aromatic heterocycles. The van der Waals surface area contributed by atoms with Crippen molar-refractivity contribution in [1.29, 1.82) is 0 Å². The molecule has 0 aliphatic heterocycles. The highest BCUT2D eigenvalue weighted by atomic mass is 16.3. The largest absolute Gasteiger partial charge is 0.466 e. The van der Waals surface area contributed by atoms with Gasteiger partial charge in [0.15, 0.2) is 0 Å². The molecule has 0 saturated heterocycles. The molecule has 0 bridgehead atoms. The minimum atomic E-state index is 0.0717. The molecule has 17 heavy (non-hydrogen) atoms. The monoisotopic (exact) mass is 234 g/mol. The first-order valence-electron chi connectivity index (χ1n) is 5.80. The number of rotatable bonds is 4. The molecule has 1 unspecified atom stereocenters. The van der Waals surface area contributed by atoms with E-state index in [2.05, 4.69) is 28.6 Å². The van der Waals surface area contributed by atoms with Gasteiger partial charge in [-0.05, 0) is 33.9 Å². The fraction of sp³-hybridized carbons (Fsp3) is 0.500. The van der Waals surface area contributed by atoms with Gasteiger partial charge in [-0.15, -0.1) is 5.10 Å². The molecular formula is C12H18N4O. The van der Waals surface area contributed by atoms with Crippen molar-refractivity contribution in [3.8, 4) is 0 Å². The number of hydrogen-bond acceptors (Lipinski definition) is 4. The summed E-state index contributed by atoms with van der Waals surface area (Å²) in [5.41, 5.74) is 2.20. The van der Waals surface area contributed by atoms with E-state index in [-0.39, 0.29) is 6.04 Å². The van der Waals surface area contributed by atoms with Crippen LogP contribution < -0.4 is 5.32 Å². The third-order valence-corrected chi connectivity index (χ3v) is 2.92. The van der Waals surface area contributed by atoms with Crippen molar-refractivity contribution in [3.63, 3.8) is 0 Å². The molecule has 0 aromatic carbocycles. The van der Waals surface area contributed by atoms with Crippen LogP contribution >= 0.6 is 0 Å². The van der Waals surface area contributed by atoms with E-state index < -0.39 is 0 Å². The van der Waals surface area contributed by atoms with Gasteiger partial charge in [-0.1, -0.05) is 5.21 Å². The summed E-state index contributed by atoms with van der Waals surface area (Å²) in [4.78, 5) is 0. The van der Waals surface area contributed by atoms with E-state index in [0.29, 0.717) is 0 Å². The summed E-state index contributed by atoms with van der Waals surface area (Å²) in [7, 11) is 1.93. The molecule has 0 radical (unpaired) electrons. The summed E-state index contributed by atoms with van der Waals surface area (Å²) in [6.45, 7) is 6.80. The summed E-state index contributed by atoms with van der Waals surface area (Å²) in [6.07, 6.45) is 1.80. The SMILES string of the molecule is CCn1nncc1C(NC)c1cc(C)oc1C. The van der Waals surface area contributed by atoms with Crippen LogP contribution in [0.25, 0.3) is 0 Å². The third kappa shape index (κ3) is 2.10. The fourth-order valence-corrected chi connectivity index (χ4v) is 2.13. The quantitative estimate of drug-likeness (QED) is 0.876. The van der Waals surface area contributed by atoms with Gasteiger partial charge in [-0.3, -0.25) is 0 Å². The molecule has 5 nitrogen and oxygen atoms in total. The Morgan fingerprint density at radius 2 is 2.24 bits per heavy atom. The van der Waals surface area contributed by atoms with E-state index in [0.717, 1.165) is 29.3 Å². The number of nitrogens with one attached hydrogen (secondary N) is 1. The zero-order valence-corrected chi connectivity index (χ0v) is 10.7. The van der Waals surface area contributed by atoms with Gasteiger partial charge in [0.25, 0.3) is 0 Å². The zero-order chi connectivity index (χ0) is 12.4. The van der Waals surface area contributed by atoms with Crippen LogP contribution in [0.4, 0.5) is 0 Å². The van der Waals surface area contributed by atoms with Gasteiger partial charge >= 0.3 is 0 Å². The maximum Gasteiger partial charge on any atom is 0.106 e. The Hall–Kier alpha value is -1.62. The lowest BCUT2D eigenvalue weighted by Crippen LogP contribution is -2.21. The Balaban J connectivity index is 2.43. The molecule has 1 atom stereocenters. The minimum absolute atomic E-state index is 0.0717. The zero-order valence-electron chi connectivity index (χ0n) is 10.7. The van der Waals surface area contributed by atoms with E-state index >= 15 is 0 Å². The summed E-state index contributed by atoms with van der Waals surface area (Å²) in [5.74, 6) is 1.86. The first-order valence-corrected chi connectivity index (χ1v) is 5.80. The molecule has 2 aromatic rings. The van der Waals surface area contributed by atoms with Crippen LogP contribution in [-0.4, -0.2) is 22.0 Å². The average Bonchev–Trinajstić information content (AvgIpc) is 2.88. The van der Waals surface area contributed by atoms with Gasteiger partial charge in [-0.2, -0.15) is 0 Å². The van der Waals surface area contributed by atoms with Crippen LogP contribution in [-0.2, 0) is 6.54 Å². The standard InChI is InChI=1S/C12H18N4O/c1-5-16-11(7-14-15-16)12(13-4)10-6-8(2)17-9(10)3/h6-7,12-13H,5H2,1-4H3. The van der Waals surface area contributed by atoms with Crippen LogP contribution in [0.3, 0.4) is 0 Å². The van der Waals surface area contributed by atoms with Crippen molar-refractivity contribution in [3.05, 3.63) is 35.0 Å². The topological polar surface area (TPSA) is 55.9 Å². The Kier molecular flexibility index (Phi) is 3.28. The smallest absolute Gasteiger partial charge is 0.106 e. The predicted molar refractivity (Wildman–Crippen MR) is 64.8 cm³/mol. The maximum absolute atomic E-state index is 5.58. The Labute approximate surface area is 101 Å².